The van der Waals surface area contributed by atoms with E-state index in [4.69, 9.17) is 9.15 Å². The van der Waals surface area contributed by atoms with Gasteiger partial charge in [-0.3, -0.25) is 9.78 Å². The summed E-state index contributed by atoms with van der Waals surface area (Å²) in [6, 6.07) is 3.38. The van der Waals surface area contributed by atoms with Crippen molar-refractivity contribution in [2.24, 2.45) is 0 Å². The topological polar surface area (TPSA) is 71.7 Å². The van der Waals surface area contributed by atoms with Gasteiger partial charge >= 0.3 is 0 Å². The lowest BCUT2D eigenvalue weighted by molar-refractivity contribution is 0.0740. The smallest absolute Gasteiger partial charge is 0.289 e. The van der Waals surface area contributed by atoms with Crippen LogP contribution in [0.2, 0.25) is 0 Å². The van der Waals surface area contributed by atoms with Crippen molar-refractivity contribution in [3.63, 3.8) is 0 Å². The molecule has 0 bridgehead atoms. The fraction of sp³-hybridized carbons (Fsp3) is 0.400. The predicted octanol–water partition coefficient (Wildman–Crippen LogP) is 1.43. The van der Waals surface area contributed by atoms with Crippen molar-refractivity contribution in [2.45, 2.75) is 12.5 Å². The Hall–Kier alpha value is -2.57. The van der Waals surface area contributed by atoms with E-state index in [1.54, 1.807) is 29.4 Å². The molecule has 7 heteroatoms. The number of carbonyl (C=O) groups excluding carboxylic acids is 1. The Bertz CT molecular complexity index is 642. The summed E-state index contributed by atoms with van der Waals surface area (Å²) in [5.41, 5.74) is 0. The molecule has 1 aliphatic heterocycles. The first-order chi connectivity index (χ1) is 10.6. The lowest BCUT2D eigenvalue weighted by atomic mass is 10.3. The molecule has 0 aliphatic carbocycles. The van der Waals surface area contributed by atoms with Crippen LogP contribution in [-0.4, -0.2) is 54.1 Å². The van der Waals surface area contributed by atoms with Gasteiger partial charge in [0.1, 0.15) is 6.10 Å². The Labute approximate surface area is 128 Å². The first-order valence-corrected chi connectivity index (χ1v) is 7.12. The number of ether oxygens (including phenoxy) is 1. The minimum atomic E-state index is -0.107. The number of amides is 1. The van der Waals surface area contributed by atoms with E-state index in [9.17, 15) is 4.79 Å². The first-order valence-electron chi connectivity index (χ1n) is 7.12. The standard InChI is InChI=1S/C15H18N4O3/c1-18(2)13-8-16-9-14(17-13)22-11-5-6-19(10-11)15(20)12-4-3-7-21-12/h3-4,7-9,11H,5-6,10H2,1-2H3/t11-/m1/s1. The van der Waals surface area contributed by atoms with Crippen LogP contribution in [0.15, 0.2) is 35.2 Å². The van der Waals surface area contributed by atoms with Gasteiger partial charge in [0.15, 0.2) is 11.6 Å². The number of anilines is 1. The average Bonchev–Trinajstić information content (AvgIpc) is 3.18. The minimum absolute atomic E-state index is 0.0781. The Kier molecular flexibility index (Phi) is 3.95. The summed E-state index contributed by atoms with van der Waals surface area (Å²) >= 11 is 0. The van der Waals surface area contributed by atoms with E-state index in [0.717, 1.165) is 12.2 Å². The van der Waals surface area contributed by atoms with Crippen LogP contribution in [-0.2, 0) is 0 Å². The second-order valence-corrected chi connectivity index (χ2v) is 5.37. The molecule has 0 unspecified atom stereocenters. The third-order valence-electron chi connectivity index (χ3n) is 3.51. The minimum Gasteiger partial charge on any atom is -0.471 e. The molecular weight excluding hydrogens is 284 g/mol. The third kappa shape index (κ3) is 3.03. The second-order valence-electron chi connectivity index (χ2n) is 5.37. The molecule has 1 aliphatic rings. The monoisotopic (exact) mass is 302 g/mol. The van der Waals surface area contributed by atoms with Crippen molar-refractivity contribution < 1.29 is 13.9 Å². The van der Waals surface area contributed by atoms with Crippen LogP contribution in [0, 0.1) is 0 Å². The molecule has 1 atom stereocenters. The van der Waals surface area contributed by atoms with Crippen molar-refractivity contribution in [2.75, 3.05) is 32.1 Å². The lowest BCUT2D eigenvalue weighted by Crippen LogP contribution is -2.30. The van der Waals surface area contributed by atoms with Crippen LogP contribution in [0.4, 0.5) is 5.82 Å². The van der Waals surface area contributed by atoms with Crippen molar-refractivity contribution in [3.8, 4) is 5.88 Å². The van der Waals surface area contributed by atoms with Crippen LogP contribution in [0.5, 0.6) is 5.88 Å². The van der Waals surface area contributed by atoms with Crippen molar-refractivity contribution >= 4 is 11.7 Å². The first kappa shape index (κ1) is 14.4. The summed E-state index contributed by atoms with van der Waals surface area (Å²) in [4.78, 5) is 24.3. The van der Waals surface area contributed by atoms with Crippen LogP contribution < -0.4 is 9.64 Å². The maximum Gasteiger partial charge on any atom is 0.289 e. The van der Waals surface area contributed by atoms with Crippen LogP contribution >= 0.6 is 0 Å². The highest BCUT2D eigenvalue weighted by Gasteiger charge is 2.29. The predicted molar refractivity (Wildman–Crippen MR) is 80.0 cm³/mol. The van der Waals surface area contributed by atoms with Crippen LogP contribution in [0.25, 0.3) is 0 Å². The number of likely N-dealkylation sites (tertiary alicyclic amines) is 1. The number of rotatable bonds is 4. The summed E-state index contributed by atoms with van der Waals surface area (Å²) in [7, 11) is 3.79. The van der Waals surface area contributed by atoms with E-state index < -0.39 is 0 Å². The number of nitrogens with zero attached hydrogens (tertiary/aromatic N) is 4. The molecule has 3 heterocycles. The van der Waals surface area contributed by atoms with Crippen molar-refractivity contribution in [3.05, 3.63) is 36.5 Å². The van der Waals surface area contributed by atoms with E-state index >= 15 is 0 Å². The number of aromatic nitrogens is 2. The van der Waals surface area contributed by atoms with Gasteiger partial charge in [0, 0.05) is 27.1 Å². The number of carbonyl (C=O) groups is 1. The molecule has 2 aromatic heterocycles. The molecule has 3 rings (SSSR count). The van der Waals surface area contributed by atoms with Gasteiger partial charge in [-0.05, 0) is 12.1 Å². The van der Waals surface area contributed by atoms with Gasteiger partial charge in [-0.2, -0.15) is 4.98 Å². The van der Waals surface area contributed by atoms with Gasteiger partial charge < -0.3 is 19.0 Å². The quantitative estimate of drug-likeness (QED) is 0.851. The highest BCUT2D eigenvalue weighted by atomic mass is 16.5. The normalized spacial score (nSPS) is 17.5. The Morgan fingerprint density at radius 2 is 2.32 bits per heavy atom. The zero-order valence-corrected chi connectivity index (χ0v) is 12.6. The Morgan fingerprint density at radius 1 is 1.45 bits per heavy atom. The molecule has 0 saturated carbocycles. The zero-order chi connectivity index (χ0) is 15.5. The molecule has 0 radical (unpaired) electrons. The number of hydrogen-bond donors (Lipinski definition) is 0. The summed E-state index contributed by atoms with van der Waals surface area (Å²) in [5.74, 6) is 1.46. The van der Waals surface area contributed by atoms with Crippen LogP contribution in [0.3, 0.4) is 0 Å². The Morgan fingerprint density at radius 3 is 3.05 bits per heavy atom. The fourth-order valence-electron chi connectivity index (χ4n) is 2.35. The average molecular weight is 302 g/mol. The summed E-state index contributed by atoms with van der Waals surface area (Å²) < 4.78 is 11.0. The van der Waals surface area contributed by atoms with Gasteiger partial charge in [0.25, 0.3) is 5.91 Å². The van der Waals surface area contributed by atoms with E-state index in [2.05, 4.69) is 9.97 Å². The fourth-order valence-corrected chi connectivity index (χ4v) is 2.35. The maximum atomic E-state index is 12.2. The van der Waals surface area contributed by atoms with Gasteiger partial charge in [-0.1, -0.05) is 0 Å². The van der Waals surface area contributed by atoms with E-state index in [1.165, 1.54) is 6.26 Å². The number of furan rings is 1. The SMILES string of the molecule is CN(C)c1cncc(O[C@@H]2CCN(C(=O)c3ccco3)C2)n1. The molecule has 1 amide bonds. The van der Waals surface area contributed by atoms with E-state index in [1.807, 2.05) is 19.0 Å². The molecule has 1 saturated heterocycles. The second kappa shape index (κ2) is 6.05. The summed E-state index contributed by atoms with van der Waals surface area (Å²) in [6.45, 7) is 1.17. The largest absolute Gasteiger partial charge is 0.471 e. The van der Waals surface area contributed by atoms with Crippen molar-refractivity contribution in [1.82, 2.24) is 14.9 Å². The highest BCUT2D eigenvalue weighted by molar-refractivity contribution is 5.91. The lowest BCUT2D eigenvalue weighted by Gasteiger charge is -2.16. The molecular formula is C15H18N4O3. The highest BCUT2D eigenvalue weighted by Crippen LogP contribution is 2.19. The molecule has 1 fully saturated rings. The van der Waals surface area contributed by atoms with Gasteiger partial charge in [-0.15, -0.1) is 0 Å². The molecule has 0 spiro atoms. The van der Waals surface area contributed by atoms with Gasteiger partial charge in [0.05, 0.1) is 25.2 Å². The van der Waals surface area contributed by atoms with E-state index in [-0.39, 0.29) is 12.0 Å². The molecule has 0 aromatic carbocycles. The third-order valence-corrected chi connectivity index (χ3v) is 3.51. The number of hydrogen-bond acceptors (Lipinski definition) is 6. The van der Waals surface area contributed by atoms with Gasteiger partial charge in [0.2, 0.25) is 5.88 Å². The van der Waals surface area contributed by atoms with Crippen molar-refractivity contribution in [1.29, 1.82) is 0 Å². The summed E-state index contributed by atoms with van der Waals surface area (Å²) in [6.07, 6.45) is 5.45. The molecule has 7 nitrogen and oxygen atoms in total. The molecule has 22 heavy (non-hydrogen) atoms. The Balaban J connectivity index is 1.61. The maximum absolute atomic E-state index is 12.2. The van der Waals surface area contributed by atoms with E-state index in [0.29, 0.717) is 24.7 Å². The molecule has 2 aromatic rings. The zero-order valence-electron chi connectivity index (χ0n) is 12.6. The molecule has 116 valence electrons. The summed E-state index contributed by atoms with van der Waals surface area (Å²) in [5, 5.41) is 0. The van der Waals surface area contributed by atoms with Crippen LogP contribution in [0.1, 0.15) is 17.0 Å². The molecule has 0 N–H and O–H groups in total. The van der Waals surface area contributed by atoms with Gasteiger partial charge in [-0.25, -0.2) is 0 Å².